The van der Waals surface area contributed by atoms with E-state index in [0.29, 0.717) is 35.9 Å². The normalized spacial score (nSPS) is 25.2. The second kappa shape index (κ2) is 15.0. The van der Waals surface area contributed by atoms with Crippen molar-refractivity contribution in [1.82, 2.24) is 20.9 Å². The third kappa shape index (κ3) is 8.69. The number of oxime groups is 1. The van der Waals surface area contributed by atoms with Gasteiger partial charge in [-0.2, -0.15) is 0 Å². The maximum Gasteiger partial charge on any atom is 0.289 e. The molecule has 3 saturated carbocycles. The molecular weight excluding hydrogens is 658 g/mol. The summed E-state index contributed by atoms with van der Waals surface area (Å²) in [4.78, 5) is 76.3. The monoisotopic (exact) mass is 709 g/mol. The number of nitrogens with zero attached hydrogens (tertiary/aromatic N) is 2. The average Bonchev–Trinajstić information content (AvgIpc) is 3.65. The number of nitrogens with one attached hydrogen (secondary N) is 3. The molecule has 6 rings (SSSR count). The van der Waals surface area contributed by atoms with Crippen molar-refractivity contribution in [1.29, 1.82) is 0 Å². The summed E-state index contributed by atoms with van der Waals surface area (Å²) in [5.74, 6) is -1.88. The molecule has 0 unspecified atom stereocenters. The van der Waals surface area contributed by atoms with Crippen LogP contribution in [-0.4, -0.2) is 76.3 Å². The van der Waals surface area contributed by atoms with Gasteiger partial charge in [-0.3, -0.25) is 24.0 Å². The number of likely N-dealkylation sites (tertiary alicyclic amines) is 1. The first kappa shape index (κ1) is 36.3. The maximum absolute atomic E-state index is 14.7. The van der Waals surface area contributed by atoms with Gasteiger partial charge in [0.2, 0.25) is 23.5 Å². The summed E-state index contributed by atoms with van der Waals surface area (Å²) in [6.45, 7) is 5.76. The highest BCUT2D eigenvalue weighted by atomic mass is 35.5. The van der Waals surface area contributed by atoms with Gasteiger partial charge in [-0.1, -0.05) is 88.2 Å². The van der Waals surface area contributed by atoms with Crippen LogP contribution < -0.4 is 16.0 Å². The number of Topliss-reactive ketones (excluding diaryl/α,β-unsaturated/α-hetero) is 1. The van der Waals surface area contributed by atoms with E-state index in [4.69, 9.17) is 16.4 Å². The van der Waals surface area contributed by atoms with Crippen LogP contribution in [-0.2, 0) is 28.8 Å². The SMILES string of the molecule is CC(C)(C)[C@H](NC(=O)CC1CCCCC1)C(=O)N1C[C@@]2(CC(c3cccc(Cl)c3)=NO2)C[C@H]1C(=O)N[C@@H](CC1CCC1)C(=O)C(=O)NC1CC1. The fourth-order valence-electron chi connectivity index (χ4n) is 7.84. The first-order valence-corrected chi connectivity index (χ1v) is 18.9. The number of carbonyl (C=O) groups is 5. The van der Waals surface area contributed by atoms with Gasteiger partial charge in [0.15, 0.2) is 5.60 Å². The number of carbonyl (C=O) groups excluding carboxylic acids is 5. The molecule has 1 spiro atoms. The van der Waals surface area contributed by atoms with Crippen molar-refractivity contribution in [2.45, 2.75) is 140 Å². The third-order valence-corrected chi connectivity index (χ3v) is 11.4. The van der Waals surface area contributed by atoms with Crippen molar-refractivity contribution in [3.8, 4) is 0 Å². The molecule has 12 heteroatoms. The van der Waals surface area contributed by atoms with Crippen molar-refractivity contribution in [2.24, 2.45) is 22.4 Å². The van der Waals surface area contributed by atoms with Gasteiger partial charge in [0.25, 0.3) is 5.91 Å². The Morgan fingerprint density at radius 1 is 0.980 bits per heavy atom. The Hall–Kier alpha value is -3.47. The summed E-state index contributed by atoms with van der Waals surface area (Å²) in [6.07, 6.45) is 11.2. The number of ketones is 1. The van der Waals surface area contributed by atoms with Gasteiger partial charge >= 0.3 is 0 Å². The van der Waals surface area contributed by atoms with Gasteiger partial charge in [-0.15, -0.1) is 0 Å². The molecule has 2 aliphatic heterocycles. The van der Waals surface area contributed by atoms with Crippen molar-refractivity contribution in [3.63, 3.8) is 0 Å². The van der Waals surface area contributed by atoms with E-state index in [2.05, 4.69) is 21.1 Å². The Morgan fingerprint density at radius 3 is 2.34 bits per heavy atom. The van der Waals surface area contributed by atoms with E-state index < -0.39 is 46.7 Å². The minimum atomic E-state index is -1.01. The topological polar surface area (TPSA) is 146 Å². The molecule has 3 N–H and O–H groups in total. The molecule has 272 valence electrons. The molecule has 50 heavy (non-hydrogen) atoms. The molecule has 0 bridgehead atoms. The molecule has 4 amide bonds. The highest BCUT2D eigenvalue weighted by Gasteiger charge is 2.56. The lowest BCUT2D eigenvalue weighted by atomic mass is 9.80. The molecule has 1 aromatic rings. The quantitative estimate of drug-likeness (QED) is 0.265. The second-order valence-corrected chi connectivity index (χ2v) is 16.9. The highest BCUT2D eigenvalue weighted by Crippen LogP contribution is 2.40. The molecule has 5 aliphatic rings. The van der Waals surface area contributed by atoms with Crippen LogP contribution in [0.2, 0.25) is 5.02 Å². The fraction of sp³-hybridized carbons (Fsp3) is 0.684. The largest absolute Gasteiger partial charge is 0.387 e. The van der Waals surface area contributed by atoms with E-state index in [9.17, 15) is 24.0 Å². The molecule has 3 aliphatic carbocycles. The summed E-state index contributed by atoms with van der Waals surface area (Å²) in [7, 11) is 0. The number of benzene rings is 1. The first-order valence-electron chi connectivity index (χ1n) is 18.6. The summed E-state index contributed by atoms with van der Waals surface area (Å²) in [5.41, 5.74) is -0.223. The van der Waals surface area contributed by atoms with Gasteiger partial charge in [0, 0.05) is 35.9 Å². The molecule has 1 aromatic carbocycles. The maximum atomic E-state index is 14.7. The first-order chi connectivity index (χ1) is 23.8. The van der Waals surface area contributed by atoms with Crippen molar-refractivity contribution in [3.05, 3.63) is 34.9 Å². The number of rotatable bonds is 12. The number of hydrogen-bond donors (Lipinski definition) is 3. The summed E-state index contributed by atoms with van der Waals surface area (Å²) < 4.78 is 0. The lowest BCUT2D eigenvalue weighted by Crippen LogP contribution is -2.59. The van der Waals surface area contributed by atoms with Gasteiger partial charge in [0.1, 0.15) is 12.1 Å². The van der Waals surface area contributed by atoms with Gasteiger partial charge in [-0.05, 0) is 61.5 Å². The lowest BCUT2D eigenvalue weighted by Gasteiger charge is -2.36. The van der Waals surface area contributed by atoms with Crippen LogP contribution in [0.25, 0.3) is 0 Å². The highest BCUT2D eigenvalue weighted by molar-refractivity contribution is 6.38. The Balaban J connectivity index is 1.24. The second-order valence-electron chi connectivity index (χ2n) is 16.5. The standard InChI is InChI=1S/C38H52ClN5O6/c1-37(2,3)33(42-31(45)18-24-9-5-4-6-10-24)36(49)44-22-38(20-29(43-50-38)25-13-8-14-26(39)19-25)21-30(44)34(47)41-28(17-23-11-7-12-23)32(46)35(48)40-27-15-16-27/h8,13-14,19,23-24,27-28,30,33H,4-7,9-12,15-18,20-22H2,1-3H3,(H,40,48)(H,41,47)(H,42,45)/t28-,30-,33+,38+/m0/s1. The van der Waals surface area contributed by atoms with Gasteiger partial charge in [-0.25, -0.2) is 0 Å². The molecule has 1 saturated heterocycles. The summed E-state index contributed by atoms with van der Waals surface area (Å²) in [6, 6.07) is 4.36. The Labute approximate surface area is 300 Å². The fourth-order valence-corrected chi connectivity index (χ4v) is 8.03. The smallest absolute Gasteiger partial charge is 0.289 e. The molecule has 11 nitrogen and oxygen atoms in total. The average molecular weight is 710 g/mol. The Kier molecular flexibility index (Phi) is 10.9. The van der Waals surface area contributed by atoms with E-state index in [-0.39, 0.29) is 36.7 Å². The zero-order chi connectivity index (χ0) is 35.6. The van der Waals surface area contributed by atoms with Crippen LogP contribution in [0, 0.1) is 17.3 Å². The molecule has 0 aromatic heterocycles. The van der Waals surface area contributed by atoms with Crippen LogP contribution in [0.4, 0.5) is 0 Å². The summed E-state index contributed by atoms with van der Waals surface area (Å²) in [5, 5.41) is 13.7. The third-order valence-electron chi connectivity index (χ3n) is 11.2. The van der Waals surface area contributed by atoms with E-state index in [1.165, 1.54) is 11.3 Å². The zero-order valence-electron chi connectivity index (χ0n) is 29.6. The van der Waals surface area contributed by atoms with E-state index in [1.54, 1.807) is 12.1 Å². The zero-order valence-corrected chi connectivity index (χ0v) is 30.4. The number of amides is 4. The van der Waals surface area contributed by atoms with Crippen molar-refractivity contribution < 1.29 is 28.8 Å². The minimum absolute atomic E-state index is 0.00479. The van der Waals surface area contributed by atoms with E-state index in [1.807, 2.05) is 32.9 Å². The molecule has 4 atom stereocenters. The Bertz CT molecular complexity index is 1510. The molecular formula is C38H52ClN5O6. The predicted molar refractivity (Wildman–Crippen MR) is 189 cm³/mol. The number of halogens is 1. The van der Waals surface area contributed by atoms with Crippen LogP contribution >= 0.6 is 11.6 Å². The minimum Gasteiger partial charge on any atom is -0.387 e. The molecule has 0 radical (unpaired) electrons. The Morgan fingerprint density at radius 2 is 1.70 bits per heavy atom. The van der Waals surface area contributed by atoms with Gasteiger partial charge in [0.05, 0.1) is 18.3 Å². The van der Waals surface area contributed by atoms with Crippen molar-refractivity contribution in [2.75, 3.05) is 6.54 Å². The summed E-state index contributed by atoms with van der Waals surface area (Å²) >= 11 is 6.27. The number of hydrogen-bond acceptors (Lipinski definition) is 7. The van der Waals surface area contributed by atoms with Crippen LogP contribution in [0.3, 0.4) is 0 Å². The van der Waals surface area contributed by atoms with E-state index in [0.717, 1.165) is 63.4 Å². The van der Waals surface area contributed by atoms with Crippen LogP contribution in [0.5, 0.6) is 0 Å². The molecule has 2 heterocycles. The van der Waals surface area contributed by atoms with Crippen LogP contribution in [0.1, 0.15) is 116 Å². The van der Waals surface area contributed by atoms with Crippen molar-refractivity contribution >= 4 is 46.7 Å². The van der Waals surface area contributed by atoms with Gasteiger partial charge < -0.3 is 25.7 Å². The van der Waals surface area contributed by atoms with Crippen LogP contribution in [0.15, 0.2) is 29.4 Å². The molecule has 4 fully saturated rings. The predicted octanol–water partition coefficient (Wildman–Crippen LogP) is 4.83. The lowest BCUT2D eigenvalue weighted by molar-refractivity contribution is -0.145. The van der Waals surface area contributed by atoms with E-state index >= 15 is 0 Å².